The van der Waals surface area contributed by atoms with E-state index in [0.717, 1.165) is 12.8 Å². The van der Waals surface area contributed by atoms with Gasteiger partial charge in [0.05, 0.1) is 12.7 Å². The summed E-state index contributed by atoms with van der Waals surface area (Å²) < 4.78 is 5.17. The van der Waals surface area contributed by atoms with E-state index in [2.05, 4.69) is 13.8 Å². The number of carbonyl (C=O) groups is 1. The van der Waals surface area contributed by atoms with Crippen LogP contribution < -0.4 is 10.5 Å². The Morgan fingerprint density at radius 1 is 1.32 bits per heavy atom. The number of nitrogen functional groups attached to an aromatic ring is 1. The molecule has 0 radical (unpaired) electrons. The number of hydrogen-bond donors (Lipinski definition) is 1. The lowest BCUT2D eigenvalue weighted by atomic mass is 9.96. The van der Waals surface area contributed by atoms with E-state index in [9.17, 15) is 4.79 Å². The molecular formula is C15H22N2O2. The van der Waals surface area contributed by atoms with Gasteiger partial charge in [-0.3, -0.25) is 4.79 Å². The van der Waals surface area contributed by atoms with Crippen LogP contribution >= 0.6 is 0 Å². The maximum absolute atomic E-state index is 12.7. The molecule has 1 aliphatic rings. The Kier molecular flexibility index (Phi) is 3.98. The number of carbonyl (C=O) groups excluding carboxylic acids is 1. The Morgan fingerprint density at radius 2 is 1.95 bits per heavy atom. The van der Waals surface area contributed by atoms with Crippen molar-refractivity contribution in [3.63, 3.8) is 0 Å². The molecule has 104 valence electrons. The zero-order valence-corrected chi connectivity index (χ0v) is 11.8. The van der Waals surface area contributed by atoms with Gasteiger partial charge < -0.3 is 15.4 Å². The lowest BCUT2D eigenvalue weighted by molar-refractivity contribution is 0.0511. The van der Waals surface area contributed by atoms with E-state index in [4.69, 9.17) is 10.5 Å². The monoisotopic (exact) mass is 262 g/mol. The number of nitrogens with zero attached hydrogens (tertiary/aromatic N) is 1. The number of rotatable bonds is 2. The molecule has 1 amide bonds. The number of amides is 1. The van der Waals surface area contributed by atoms with Crippen molar-refractivity contribution in [2.45, 2.75) is 45.2 Å². The van der Waals surface area contributed by atoms with E-state index < -0.39 is 0 Å². The van der Waals surface area contributed by atoms with Crippen molar-refractivity contribution < 1.29 is 9.53 Å². The minimum Gasteiger partial charge on any atom is -0.497 e. The van der Waals surface area contributed by atoms with E-state index in [1.165, 1.54) is 6.42 Å². The van der Waals surface area contributed by atoms with E-state index in [0.29, 0.717) is 17.0 Å². The van der Waals surface area contributed by atoms with Crippen LogP contribution in [0.15, 0.2) is 18.2 Å². The molecule has 4 heteroatoms. The minimum absolute atomic E-state index is 0.0103. The Balaban J connectivity index is 2.32. The van der Waals surface area contributed by atoms with Gasteiger partial charge in [-0.15, -0.1) is 0 Å². The predicted octanol–water partition coefficient (Wildman–Crippen LogP) is 2.68. The van der Waals surface area contributed by atoms with Crippen LogP contribution in [-0.2, 0) is 0 Å². The summed E-state index contributed by atoms with van der Waals surface area (Å²) in [5, 5.41) is 0. The van der Waals surface area contributed by atoms with Crippen LogP contribution in [0.2, 0.25) is 0 Å². The Hall–Kier alpha value is -1.71. The SMILES string of the molecule is COc1ccc(N)c(C(=O)N2[C@H](C)CCC[C@@H]2C)c1. The number of anilines is 1. The summed E-state index contributed by atoms with van der Waals surface area (Å²) in [6.45, 7) is 4.20. The normalized spacial score (nSPS) is 23.2. The van der Waals surface area contributed by atoms with E-state index in [1.807, 2.05) is 4.90 Å². The second-order valence-electron chi connectivity index (χ2n) is 5.29. The topological polar surface area (TPSA) is 55.6 Å². The summed E-state index contributed by atoms with van der Waals surface area (Å²) in [6, 6.07) is 5.76. The number of methoxy groups -OCH3 is 1. The van der Waals surface area contributed by atoms with Crippen molar-refractivity contribution in [3.8, 4) is 5.75 Å². The molecule has 1 aromatic carbocycles. The molecule has 1 saturated heterocycles. The van der Waals surface area contributed by atoms with Crippen LogP contribution in [0.4, 0.5) is 5.69 Å². The van der Waals surface area contributed by atoms with Gasteiger partial charge in [-0.2, -0.15) is 0 Å². The maximum Gasteiger partial charge on any atom is 0.256 e. The molecule has 0 aromatic heterocycles. The Morgan fingerprint density at radius 3 is 2.53 bits per heavy atom. The number of ether oxygens (including phenoxy) is 1. The fraction of sp³-hybridized carbons (Fsp3) is 0.533. The van der Waals surface area contributed by atoms with Gasteiger partial charge in [0.1, 0.15) is 5.75 Å². The third-order valence-electron chi connectivity index (χ3n) is 3.92. The third kappa shape index (κ3) is 2.67. The fourth-order valence-electron chi connectivity index (χ4n) is 2.81. The molecule has 2 N–H and O–H groups in total. The van der Waals surface area contributed by atoms with Gasteiger partial charge in [0.2, 0.25) is 0 Å². The van der Waals surface area contributed by atoms with Crippen LogP contribution in [-0.4, -0.2) is 30.0 Å². The van der Waals surface area contributed by atoms with E-state index in [-0.39, 0.29) is 18.0 Å². The molecule has 19 heavy (non-hydrogen) atoms. The molecule has 0 bridgehead atoms. The Labute approximate surface area is 114 Å². The number of piperidine rings is 1. The van der Waals surface area contributed by atoms with Gasteiger partial charge in [-0.05, 0) is 51.3 Å². The molecular weight excluding hydrogens is 240 g/mol. The van der Waals surface area contributed by atoms with Crippen LogP contribution in [0.3, 0.4) is 0 Å². The molecule has 1 fully saturated rings. The molecule has 4 nitrogen and oxygen atoms in total. The van der Waals surface area contributed by atoms with Gasteiger partial charge >= 0.3 is 0 Å². The fourth-order valence-corrected chi connectivity index (χ4v) is 2.81. The van der Waals surface area contributed by atoms with Crippen LogP contribution in [0.1, 0.15) is 43.5 Å². The first-order chi connectivity index (χ1) is 9.04. The van der Waals surface area contributed by atoms with Gasteiger partial charge in [0, 0.05) is 17.8 Å². The molecule has 1 heterocycles. The smallest absolute Gasteiger partial charge is 0.256 e. The lowest BCUT2D eigenvalue weighted by Gasteiger charge is -2.39. The van der Waals surface area contributed by atoms with Crippen molar-refractivity contribution in [1.29, 1.82) is 0 Å². The first-order valence-corrected chi connectivity index (χ1v) is 6.80. The standard InChI is InChI=1S/C15H22N2O2/c1-10-5-4-6-11(2)17(10)15(18)13-9-12(19-3)7-8-14(13)16/h7-11H,4-6,16H2,1-3H3/t10-,11+. The summed E-state index contributed by atoms with van der Waals surface area (Å²) in [7, 11) is 1.59. The van der Waals surface area contributed by atoms with Gasteiger partial charge in [0.25, 0.3) is 5.91 Å². The zero-order chi connectivity index (χ0) is 14.0. The minimum atomic E-state index is 0.0103. The summed E-state index contributed by atoms with van der Waals surface area (Å²) in [6.07, 6.45) is 3.29. The maximum atomic E-state index is 12.7. The first kappa shape index (κ1) is 13.7. The van der Waals surface area contributed by atoms with Gasteiger partial charge in [0.15, 0.2) is 0 Å². The highest BCUT2D eigenvalue weighted by molar-refractivity contribution is 6.00. The molecule has 0 saturated carbocycles. The number of benzene rings is 1. The van der Waals surface area contributed by atoms with Crippen molar-refractivity contribution in [3.05, 3.63) is 23.8 Å². The summed E-state index contributed by atoms with van der Waals surface area (Å²) in [5.74, 6) is 0.672. The van der Waals surface area contributed by atoms with Crippen LogP contribution in [0, 0.1) is 0 Å². The van der Waals surface area contributed by atoms with Crippen LogP contribution in [0.25, 0.3) is 0 Å². The van der Waals surface area contributed by atoms with Crippen molar-refractivity contribution in [2.24, 2.45) is 0 Å². The largest absolute Gasteiger partial charge is 0.497 e. The van der Waals surface area contributed by atoms with Crippen molar-refractivity contribution in [2.75, 3.05) is 12.8 Å². The van der Waals surface area contributed by atoms with E-state index in [1.54, 1.807) is 25.3 Å². The highest BCUT2D eigenvalue weighted by atomic mass is 16.5. The van der Waals surface area contributed by atoms with Crippen LogP contribution in [0.5, 0.6) is 5.75 Å². The molecule has 1 aliphatic heterocycles. The summed E-state index contributed by atoms with van der Waals surface area (Å²) >= 11 is 0. The molecule has 0 aliphatic carbocycles. The quantitative estimate of drug-likeness (QED) is 0.834. The predicted molar refractivity (Wildman–Crippen MR) is 76.4 cm³/mol. The number of likely N-dealkylation sites (tertiary alicyclic amines) is 1. The Bertz CT molecular complexity index is 463. The lowest BCUT2D eigenvalue weighted by Crippen LogP contribution is -2.47. The van der Waals surface area contributed by atoms with Gasteiger partial charge in [-0.25, -0.2) is 0 Å². The zero-order valence-electron chi connectivity index (χ0n) is 11.8. The second-order valence-corrected chi connectivity index (χ2v) is 5.29. The van der Waals surface area contributed by atoms with Gasteiger partial charge in [-0.1, -0.05) is 0 Å². The summed E-state index contributed by atoms with van der Waals surface area (Å²) in [4.78, 5) is 14.7. The highest BCUT2D eigenvalue weighted by Crippen LogP contribution is 2.28. The molecule has 0 unspecified atom stereocenters. The molecule has 0 spiro atoms. The average molecular weight is 262 g/mol. The number of nitrogens with two attached hydrogens (primary N) is 1. The highest BCUT2D eigenvalue weighted by Gasteiger charge is 2.30. The van der Waals surface area contributed by atoms with E-state index >= 15 is 0 Å². The molecule has 2 atom stereocenters. The molecule has 2 rings (SSSR count). The summed E-state index contributed by atoms with van der Waals surface area (Å²) in [5.41, 5.74) is 6.99. The average Bonchev–Trinajstić information content (AvgIpc) is 2.39. The first-order valence-electron chi connectivity index (χ1n) is 6.80. The number of hydrogen-bond acceptors (Lipinski definition) is 3. The second kappa shape index (κ2) is 5.51. The third-order valence-corrected chi connectivity index (χ3v) is 3.92. The van der Waals surface area contributed by atoms with Crippen molar-refractivity contribution >= 4 is 11.6 Å². The van der Waals surface area contributed by atoms with Crippen molar-refractivity contribution in [1.82, 2.24) is 4.90 Å². The molecule has 1 aromatic rings.